The van der Waals surface area contributed by atoms with Crippen LogP contribution in [0.25, 0.3) is 11.2 Å². The SMILES string of the molecule is CCCCOCCNc1nc(NCCC)nc2nc[nH]c12. The molecule has 0 fully saturated rings. The Kier molecular flexibility index (Phi) is 6.21. The first-order chi connectivity index (χ1) is 10.3. The van der Waals surface area contributed by atoms with Gasteiger partial charge in [-0.2, -0.15) is 9.97 Å². The van der Waals surface area contributed by atoms with Crippen molar-refractivity contribution in [1.29, 1.82) is 0 Å². The number of ether oxygens (including phenoxy) is 1. The summed E-state index contributed by atoms with van der Waals surface area (Å²) in [5.74, 6) is 1.36. The third-order valence-corrected chi connectivity index (χ3v) is 3.00. The van der Waals surface area contributed by atoms with Crippen molar-refractivity contribution in [3.8, 4) is 0 Å². The van der Waals surface area contributed by atoms with Crippen molar-refractivity contribution in [2.75, 3.05) is 36.9 Å². The predicted octanol–water partition coefficient (Wildman–Crippen LogP) is 2.40. The third kappa shape index (κ3) is 4.56. The highest BCUT2D eigenvalue weighted by Gasteiger charge is 2.09. The van der Waals surface area contributed by atoms with E-state index in [-0.39, 0.29) is 0 Å². The van der Waals surface area contributed by atoms with E-state index in [1.165, 1.54) is 0 Å². The molecular formula is C14H24N6O. The Morgan fingerprint density at radius 1 is 1.10 bits per heavy atom. The number of anilines is 2. The van der Waals surface area contributed by atoms with Gasteiger partial charge in [0.2, 0.25) is 5.95 Å². The molecule has 0 unspecified atom stereocenters. The van der Waals surface area contributed by atoms with Crippen LogP contribution in [0.15, 0.2) is 6.33 Å². The molecule has 0 aliphatic heterocycles. The van der Waals surface area contributed by atoms with E-state index >= 15 is 0 Å². The minimum absolute atomic E-state index is 0.603. The zero-order valence-corrected chi connectivity index (χ0v) is 12.8. The van der Waals surface area contributed by atoms with E-state index in [1.54, 1.807) is 6.33 Å². The molecule has 21 heavy (non-hydrogen) atoms. The second kappa shape index (κ2) is 8.41. The molecule has 7 heteroatoms. The Morgan fingerprint density at radius 2 is 2.00 bits per heavy atom. The van der Waals surface area contributed by atoms with Gasteiger partial charge in [0.05, 0.1) is 12.9 Å². The molecule has 0 amide bonds. The van der Waals surface area contributed by atoms with E-state index in [0.29, 0.717) is 24.7 Å². The lowest BCUT2D eigenvalue weighted by molar-refractivity contribution is 0.141. The standard InChI is InChI=1S/C14H24N6O/c1-3-5-8-21-9-7-15-12-11-13(18-10-17-11)20-14(19-12)16-6-4-2/h10H,3-9H2,1-2H3,(H3,15,16,17,18,19,20). The summed E-state index contributed by atoms with van der Waals surface area (Å²) in [7, 11) is 0. The molecule has 0 radical (unpaired) electrons. The van der Waals surface area contributed by atoms with Gasteiger partial charge in [-0.15, -0.1) is 0 Å². The smallest absolute Gasteiger partial charge is 0.226 e. The van der Waals surface area contributed by atoms with Crippen LogP contribution in [0.4, 0.5) is 11.8 Å². The zero-order valence-electron chi connectivity index (χ0n) is 12.8. The average Bonchev–Trinajstić information content (AvgIpc) is 2.97. The van der Waals surface area contributed by atoms with Crippen LogP contribution < -0.4 is 10.6 Å². The second-order valence-electron chi connectivity index (χ2n) is 4.82. The fraction of sp³-hybridized carbons (Fsp3) is 0.643. The van der Waals surface area contributed by atoms with E-state index in [0.717, 1.165) is 43.7 Å². The number of aromatic nitrogens is 4. The summed E-state index contributed by atoms with van der Waals surface area (Å²) in [5.41, 5.74) is 1.49. The number of unbranched alkanes of at least 4 members (excludes halogenated alkanes) is 1. The topological polar surface area (TPSA) is 87.8 Å². The van der Waals surface area contributed by atoms with Crippen molar-refractivity contribution in [2.45, 2.75) is 33.1 Å². The van der Waals surface area contributed by atoms with Gasteiger partial charge in [0.25, 0.3) is 0 Å². The fourth-order valence-electron chi connectivity index (χ4n) is 1.87. The Balaban J connectivity index is 1.95. The summed E-state index contributed by atoms with van der Waals surface area (Å²) in [6.45, 7) is 7.29. The maximum Gasteiger partial charge on any atom is 0.226 e. The molecular weight excluding hydrogens is 268 g/mol. The normalized spacial score (nSPS) is 11.0. The summed E-state index contributed by atoms with van der Waals surface area (Å²) in [6, 6.07) is 0. The van der Waals surface area contributed by atoms with Crippen LogP contribution in [0.3, 0.4) is 0 Å². The van der Waals surface area contributed by atoms with E-state index in [1.807, 2.05) is 0 Å². The Bertz CT molecular complexity index is 541. The maximum absolute atomic E-state index is 5.54. The van der Waals surface area contributed by atoms with Crippen LogP contribution in [0, 0.1) is 0 Å². The average molecular weight is 292 g/mol. The number of nitrogens with one attached hydrogen (secondary N) is 3. The van der Waals surface area contributed by atoms with Gasteiger partial charge in [-0.1, -0.05) is 20.3 Å². The molecule has 0 spiro atoms. The van der Waals surface area contributed by atoms with Crippen molar-refractivity contribution in [3.63, 3.8) is 0 Å². The monoisotopic (exact) mass is 292 g/mol. The van der Waals surface area contributed by atoms with E-state index < -0.39 is 0 Å². The van der Waals surface area contributed by atoms with E-state index in [4.69, 9.17) is 4.74 Å². The molecule has 0 aromatic carbocycles. The van der Waals surface area contributed by atoms with E-state index in [2.05, 4.69) is 44.4 Å². The molecule has 7 nitrogen and oxygen atoms in total. The van der Waals surface area contributed by atoms with Gasteiger partial charge < -0.3 is 20.4 Å². The zero-order chi connectivity index (χ0) is 14.9. The van der Waals surface area contributed by atoms with Crippen LogP contribution in [-0.4, -0.2) is 46.2 Å². The lowest BCUT2D eigenvalue weighted by Crippen LogP contribution is -2.13. The first-order valence-corrected chi connectivity index (χ1v) is 7.61. The molecule has 116 valence electrons. The maximum atomic E-state index is 5.54. The number of H-pyrrole nitrogens is 1. The summed E-state index contributed by atoms with van der Waals surface area (Å²) >= 11 is 0. The number of imidazole rings is 1. The minimum atomic E-state index is 0.603. The molecule has 2 heterocycles. The number of aromatic amines is 1. The highest BCUT2D eigenvalue weighted by atomic mass is 16.5. The number of hydrogen-bond acceptors (Lipinski definition) is 6. The molecule has 2 rings (SSSR count). The first-order valence-electron chi connectivity index (χ1n) is 7.61. The van der Waals surface area contributed by atoms with Gasteiger partial charge in [-0.05, 0) is 12.8 Å². The lowest BCUT2D eigenvalue weighted by atomic mass is 10.4. The number of hydrogen-bond donors (Lipinski definition) is 3. The molecule has 3 N–H and O–H groups in total. The van der Waals surface area contributed by atoms with Gasteiger partial charge in [0.1, 0.15) is 5.52 Å². The molecule has 2 aromatic heterocycles. The highest BCUT2D eigenvalue weighted by Crippen LogP contribution is 2.18. The number of nitrogens with zero attached hydrogens (tertiary/aromatic N) is 3. The predicted molar refractivity (Wildman–Crippen MR) is 84.7 cm³/mol. The third-order valence-electron chi connectivity index (χ3n) is 3.00. The highest BCUT2D eigenvalue weighted by molar-refractivity contribution is 5.83. The minimum Gasteiger partial charge on any atom is -0.380 e. The van der Waals surface area contributed by atoms with Gasteiger partial charge in [0, 0.05) is 19.7 Å². The summed E-state index contributed by atoms with van der Waals surface area (Å²) in [6.07, 6.45) is 4.91. The molecule has 0 aliphatic rings. The largest absolute Gasteiger partial charge is 0.380 e. The Hall–Kier alpha value is -1.89. The number of rotatable bonds is 10. The Labute approximate surface area is 124 Å². The van der Waals surface area contributed by atoms with Crippen LogP contribution in [0.1, 0.15) is 33.1 Å². The van der Waals surface area contributed by atoms with Gasteiger partial charge >= 0.3 is 0 Å². The van der Waals surface area contributed by atoms with Gasteiger partial charge in [0.15, 0.2) is 11.5 Å². The van der Waals surface area contributed by atoms with Crippen LogP contribution in [-0.2, 0) is 4.74 Å². The van der Waals surface area contributed by atoms with Crippen LogP contribution >= 0.6 is 0 Å². The van der Waals surface area contributed by atoms with E-state index in [9.17, 15) is 0 Å². The van der Waals surface area contributed by atoms with Crippen molar-refractivity contribution in [3.05, 3.63) is 6.33 Å². The van der Waals surface area contributed by atoms with Gasteiger partial charge in [-0.25, -0.2) is 4.98 Å². The van der Waals surface area contributed by atoms with Crippen LogP contribution in [0.2, 0.25) is 0 Å². The summed E-state index contributed by atoms with van der Waals surface area (Å²) in [5, 5.41) is 6.47. The summed E-state index contributed by atoms with van der Waals surface area (Å²) < 4.78 is 5.54. The first kappa shape index (κ1) is 15.5. The van der Waals surface area contributed by atoms with Crippen molar-refractivity contribution in [1.82, 2.24) is 19.9 Å². The van der Waals surface area contributed by atoms with Crippen molar-refractivity contribution >= 4 is 22.9 Å². The lowest BCUT2D eigenvalue weighted by Gasteiger charge is -2.09. The summed E-state index contributed by atoms with van der Waals surface area (Å²) in [4.78, 5) is 16.1. The molecule has 0 saturated carbocycles. The van der Waals surface area contributed by atoms with Gasteiger partial charge in [-0.3, -0.25) is 0 Å². The molecule has 2 aromatic rings. The molecule has 0 aliphatic carbocycles. The quantitative estimate of drug-likeness (QED) is 0.583. The number of fused-ring (bicyclic) bond motifs is 1. The second-order valence-corrected chi connectivity index (χ2v) is 4.82. The van der Waals surface area contributed by atoms with Crippen molar-refractivity contribution < 1.29 is 4.74 Å². The van der Waals surface area contributed by atoms with Crippen LogP contribution in [0.5, 0.6) is 0 Å². The molecule has 0 bridgehead atoms. The van der Waals surface area contributed by atoms with Crippen molar-refractivity contribution in [2.24, 2.45) is 0 Å². The molecule has 0 atom stereocenters. The Morgan fingerprint density at radius 3 is 2.81 bits per heavy atom. The fourth-order valence-corrected chi connectivity index (χ4v) is 1.87. The molecule has 0 saturated heterocycles.